The minimum atomic E-state index is -4.47. The highest BCUT2D eigenvalue weighted by Gasteiger charge is 2.30. The van der Waals surface area contributed by atoms with Crippen LogP contribution < -0.4 is 4.83 Å². The van der Waals surface area contributed by atoms with E-state index in [-0.39, 0.29) is 10.5 Å². The van der Waals surface area contributed by atoms with E-state index in [0.29, 0.717) is 5.56 Å². The number of aryl methyl sites for hydroxylation is 2. The van der Waals surface area contributed by atoms with Crippen molar-refractivity contribution < 1.29 is 21.6 Å². The molecule has 2 aromatic carbocycles. The van der Waals surface area contributed by atoms with Gasteiger partial charge in [0.2, 0.25) is 0 Å². The molecule has 24 heavy (non-hydrogen) atoms. The van der Waals surface area contributed by atoms with Gasteiger partial charge in [-0.25, -0.2) is 4.83 Å². The molecule has 128 valence electrons. The van der Waals surface area contributed by atoms with Gasteiger partial charge < -0.3 is 0 Å². The molecular formula is C16H15F3N2O2S. The van der Waals surface area contributed by atoms with Gasteiger partial charge in [-0.15, -0.1) is 0 Å². The number of nitrogens with zero attached hydrogens (tertiary/aromatic N) is 1. The fourth-order valence-corrected chi connectivity index (χ4v) is 3.14. The van der Waals surface area contributed by atoms with Crippen LogP contribution >= 0.6 is 0 Å². The normalized spacial score (nSPS) is 12.5. The summed E-state index contributed by atoms with van der Waals surface area (Å²) in [6.07, 6.45) is -3.45. The Bertz CT molecular complexity index is 875. The summed E-state index contributed by atoms with van der Waals surface area (Å²) >= 11 is 0. The largest absolute Gasteiger partial charge is 0.416 e. The molecular weight excluding hydrogens is 341 g/mol. The predicted octanol–water partition coefficient (Wildman–Crippen LogP) is 3.63. The van der Waals surface area contributed by atoms with Crippen LogP contribution in [0.15, 0.2) is 52.5 Å². The van der Waals surface area contributed by atoms with Crippen molar-refractivity contribution in [3.63, 3.8) is 0 Å². The lowest BCUT2D eigenvalue weighted by Gasteiger charge is -2.08. The Morgan fingerprint density at radius 2 is 1.79 bits per heavy atom. The van der Waals surface area contributed by atoms with Crippen LogP contribution in [0.5, 0.6) is 0 Å². The van der Waals surface area contributed by atoms with Crippen LogP contribution in [0.2, 0.25) is 0 Å². The van der Waals surface area contributed by atoms with Crippen molar-refractivity contribution in [3.05, 3.63) is 64.7 Å². The second-order valence-corrected chi connectivity index (χ2v) is 6.87. The molecule has 0 heterocycles. The summed E-state index contributed by atoms with van der Waals surface area (Å²) in [5, 5.41) is 3.55. The zero-order valence-corrected chi connectivity index (χ0v) is 13.7. The van der Waals surface area contributed by atoms with Gasteiger partial charge in [-0.05, 0) is 43.2 Å². The van der Waals surface area contributed by atoms with Crippen molar-refractivity contribution >= 4 is 16.2 Å². The maximum Gasteiger partial charge on any atom is 0.416 e. The van der Waals surface area contributed by atoms with Crippen molar-refractivity contribution in [1.82, 2.24) is 4.83 Å². The summed E-state index contributed by atoms with van der Waals surface area (Å²) in [6, 6.07) is 9.25. The second kappa shape index (κ2) is 6.64. The number of hydrogen-bond donors (Lipinski definition) is 1. The average molecular weight is 356 g/mol. The molecule has 0 atom stereocenters. The number of hydrazone groups is 1. The molecule has 2 rings (SSSR count). The van der Waals surface area contributed by atoms with Crippen molar-refractivity contribution in [1.29, 1.82) is 0 Å². The van der Waals surface area contributed by atoms with Gasteiger partial charge in [0.1, 0.15) is 0 Å². The summed E-state index contributed by atoms with van der Waals surface area (Å²) in [5.41, 5.74) is 0.771. The van der Waals surface area contributed by atoms with E-state index >= 15 is 0 Å². The van der Waals surface area contributed by atoms with Gasteiger partial charge >= 0.3 is 6.18 Å². The minimum Gasteiger partial charge on any atom is -0.200 e. The van der Waals surface area contributed by atoms with Gasteiger partial charge in [-0.3, -0.25) is 0 Å². The zero-order chi connectivity index (χ0) is 18.0. The molecule has 1 N–H and O–H groups in total. The third-order valence-corrected chi connectivity index (χ3v) is 4.60. The molecule has 0 saturated carbocycles. The lowest BCUT2D eigenvalue weighted by molar-refractivity contribution is -0.137. The topological polar surface area (TPSA) is 58.5 Å². The predicted molar refractivity (Wildman–Crippen MR) is 85.3 cm³/mol. The van der Waals surface area contributed by atoms with Crippen LogP contribution in [0.1, 0.15) is 22.3 Å². The highest BCUT2D eigenvalue weighted by Crippen LogP contribution is 2.29. The fraction of sp³-hybridized carbons (Fsp3) is 0.188. The number of benzene rings is 2. The first-order chi connectivity index (χ1) is 11.1. The standard InChI is InChI=1S/C16H15F3N2O2S/c1-11-6-7-15(12(2)8-11)24(22,23)21-20-10-13-4-3-5-14(9-13)16(17,18)19/h3-10,21H,1-2H3/b20-10+. The van der Waals surface area contributed by atoms with Crippen LogP contribution in [-0.4, -0.2) is 14.6 Å². The molecule has 0 aliphatic heterocycles. The Balaban J connectivity index is 2.19. The van der Waals surface area contributed by atoms with Crippen LogP contribution in [0.3, 0.4) is 0 Å². The van der Waals surface area contributed by atoms with E-state index in [9.17, 15) is 21.6 Å². The summed E-state index contributed by atoms with van der Waals surface area (Å²) < 4.78 is 62.2. The van der Waals surface area contributed by atoms with E-state index in [1.807, 2.05) is 11.8 Å². The minimum absolute atomic E-state index is 0.0642. The third-order valence-electron chi connectivity index (χ3n) is 3.22. The van der Waals surface area contributed by atoms with Gasteiger partial charge in [0, 0.05) is 0 Å². The number of sulfonamides is 1. The van der Waals surface area contributed by atoms with E-state index in [0.717, 1.165) is 23.9 Å². The van der Waals surface area contributed by atoms with Gasteiger partial charge in [-0.2, -0.15) is 26.7 Å². The van der Waals surface area contributed by atoms with E-state index in [1.165, 1.54) is 18.2 Å². The SMILES string of the molecule is Cc1ccc(S(=O)(=O)N/N=C/c2cccc(C(F)(F)F)c2)c(C)c1. The molecule has 0 bridgehead atoms. The highest BCUT2D eigenvalue weighted by atomic mass is 32.2. The summed E-state index contributed by atoms with van der Waals surface area (Å²) in [4.78, 5) is 2.07. The Hall–Kier alpha value is -2.35. The van der Waals surface area contributed by atoms with Crippen molar-refractivity contribution in [2.45, 2.75) is 24.9 Å². The lowest BCUT2D eigenvalue weighted by atomic mass is 10.1. The first-order valence-electron chi connectivity index (χ1n) is 6.89. The summed E-state index contributed by atoms with van der Waals surface area (Å²) in [6.45, 7) is 3.49. The van der Waals surface area contributed by atoms with Crippen LogP contribution in [0.4, 0.5) is 13.2 Å². The maximum atomic E-state index is 12.6. The monoisotopic (exact) mass is 356 g/mol. The summed E-state index contributed by atoms with van der Waals surface area (Å²) in [5.74, 6) is 0. The second-order valence-electron chi connectivity index (χ2n) is 5.25. The average Bonchev–Trinajstić information content (AvgIpc) is 2.46. The molecule has 0 radical (unpaired) electrons. The molecule has 4 nitrogen and oxygen atoms in total. The van der Waals surface area contributed by atoms with Gasteiger partial charge in [0.25, 0.3) is 10.0 Å². The van der Waals surface area contributed by atoms with E-state index in [1.54, 1.807) is 19.1 Å². The Labute approximate surface area is 138 Å². The van der Waals surface area contributed by atoms with E-state index in [4.69, 9.17) is 0 Å². The number of hydrogen-bond acceptors (Lipinski definition) is 3. The fourth-order valence-electron chi connectivity index (χ4n) is 2.12. The third kappa shape index (κ3) is 4.35. The van der Waals surface area contributed by atoms with Crippen LogP contribution in [0.25, 0.3) is 0 Å². The molecule has 0 fully saturated rings. The smallest absolute Gasteiger partial charge is 0.200 e. The Morgan fingerprint density at radius 1 is 1.08 bits per heavy atom. The van der Waals surface area contributed by atoms with Crippen molar-refractivity contribution in [2.24, 2.45) is 5.10 Å². The quantitative estimate of drug-likeness (QED) is 0.672. The molecule has 0 aromatic heterocycles. The first-order valence-corrected chi connectivity index (χ1v) is 8.37. The highest BCUT2D eigenvalue weighted by molar-refractivity contribution is 7.89. The van der Waals surface area contributed by atoms with Crippen LogP contribution in [-0.2, 0) is 16.2 Å². The molecule has 8 heteroatoms. The molecule has 0 unspecified atom stereocenters. The lowest BCUT2D eigenvalue weighted by Crippen LogP contribution is -2.19. The maximum absolute atomic E-state index is 12.6. The van der Waals surface area contributed by atoms with E-state index < -0.39 is 21.8 Å². The number of halogens is 3. The van der Waals surface area contributed by atoms with Gasteiger partial charge in [0.15, 0.2) is 0 Å². The molecule has 0 amide bonds. The Morgan fingerprint density at radius 3 is 2.42 bits per heavy atom. The zero-order valence-electron chi connectivity index (χ0n) is 12.9. The van der Waals surface area contributed by atoms with Crippen molar-refractivity contribution in [2.75, 3.05) is 0 Å². The molecule has 0 saturated heterocycles. The number of nitrogens with one attached hydrogen (secondary N) is 1. The summed E-state index contributed by atoms with van der Waals surface area (Å²) in [7, 11) is -3.89. The van der Waals surface area contributed by atoms with E-state index in [2.05, 4.69) is 5.10 Å². The number of rotatable bonds is 4. The van der Waals surface area contributed by atoms with Crippen molar-refractivity contribution in [3.8, 4) is 0 Å². The van der Waals surface area contributed by atoms with Crippen LogP contribution in [0, 0.1) is 13.8 Å². The number of alkyl halides is 3. The molecule has 0 spiro atoms. The molecule has 0 aliphatic rings. The van der Waals surface area contributed by atoms with Gasteiger partial charge in [-0.1, -0.05) is 29.8 Å². The van der Waals surface area contributed by atoms with Gasteiger partial charge in [0.05, 0.1) is 16.7 Å². The first kappa shape index (κ1) is 18.0. The molecule has 0 aliphatic carbocycles. The Kier molecular flexibility index (Phi) is 4.98. The molecule has 2 aromatic rings.